The number of carboxylic acids is 1. The van der Waals surface area contributed by atoms with E-state index in [0.717, 1.165) is 37.0 Å². The highest BCUT2D eigenvalue weighted by atomic mass is 32.1. The average molecular weight is 379 g/mol. The lowest BCUT2D eigenvalue weighted by Crippen LogP contribution is -2.49. The number of rotatable bonds is 6. The summed E-state index contributed by atoms with van der Waals surface area (Å²) in [7, 11) is 0. The van der Waals surface area contributed by atoms with Gasteiger partial charge >= 0.3 is 11.9 Å². The first-order valence-electron chi connectivity index (χ1n) is 9.29. The molecule has 0 aliphatic heterocycles. The molecule has 1 amide bonds. The van der Waals surface area contributed by atoms with Crippen molar-refractivity contribution in [3.63, 3.8) is 0 Å². The SMILES string of the molecule is CCOC(=O)c1cc(CC)sc1NC(=O)C1C2CCC(CC2)C1C(=O)O. The Labute approximate surface area is 156 Å². The van der Waals surface area contributed by atoms with Gasteiger partial charge in [0.1, 0.15) is 5.00 Å². The first kappa shape index (κ1) is 18.9. The lowest BCUT2D eigenvalue weighted by molar-refractivity contribution is -0.156. The smallest absolute Gasteiger partial charge is 0.341 e. The summed E-state index contributed by atoms with van der Waals surface area (Å²) in [6.45, 7) is 3.98. The average Bonchev–Trinajstić information content (AvgIpc) is 3.05. The second-order valence-electron chi connectivity index (χ2n) is 7.08. The Kier molecular flexibility index (Phi) is 5.65. The molecule has 2 atom stereocenters. The molecular formula is C19H25NO5S. The van der Waals surface area contributed by atoms with Crippen molar-refractivity contribution in [2.24, 2.45) is 23.7 Å². The molecule has 6 nitrogen and oxygen atoms in total. The molecule has 0 spiro atoms. The van der Waals surface area contributed by atoms with Crippen LogP contribution in [0, 0.1) is 23.7 Å². The number of hydrogen-bond donors (Lipinski definition) is 2. The van der Waals surface area contributed by atoms with Crippen molar-refractivity contribution in [3.8, 4) is 0 Å². The van der Waals surface area contributed by atoms with Crippen molar-refractivity contribution in [2.75, 3.05) is 11.9 Å². The molecule has 7 heteroatoms. The molecule has 3 fully saturated rings. The number of carbonyl (C=O) groups is 3. The van der Waals surface area contributed by atoms with Crippen LogP contribution >= 0.6 is 11.3 Å². The molecule has 3 aliphatic rings. The quantitative estimate of drug-likeness (QED) is 0.737. The zero-order chi connectivity index (χ0) is 18.8. The van der Waals surface area contributed by atoms with E-state index in [1.807, 2.05) is 6.92 Å². The molecule has 3 saturated carbocycles. The van der Waals surface area contributed by atoms with E-state index in [1.165, 1.54) is 11.3 Å². The maximum atomic E-state index is 13.0. The molecule has 1 heterocycles. The summed E-state index contributed by atoms with van der Waals surface area (Å²) in [5.41, 5.74) is 0.356. The summed E-state index contributed by atoms with van der Waals surface area (Å²) in [6.07, 6.45) is 4.33. The zero-order valence-electron chi connectivity index (χ0n) is 15.1. The molecule has 3 aliphatic carbocycles. The number of esters is 1. The van der Waals surface area contributed by atoms with Crippen LogP contribution in [-0.2, 0) is 20.7 Å². The fourth-order valence-corrected chi connectivity index (χ4v) is 5.43. The molecule has 2 unspecified atom stereocenters. The Morgan fingerprint density at radius 1 is 1.15 bits per heavy atom. The van der Waals surface area contributed by atoms with Gasteiger partial charge in [-0.1, -0.05) is 6.92 Å². The minimum atomic E-state index is -0.884. The molecule has 1 aromatic heterocycles. The number of nitrogens with one attached hydrogen (secondary N) is 1. The maximum absolute atomic E-state index is 13.0. The summed E-state index contributed by atoms with van der Waals surface area (Å²) in [6, 6.07) is 1.75. The lowest BCUT2D eigenvalue weighted by Gasteiger charge is -2.45. The molecular weight excluding hydrogens is 354 g/mol. The Morgan fingerprint density at radius 3 is 2.31 bits per heavy atom. The van der Waals surface area contributed by atoms with Crippen LogP contribution in [0.5, 0.6) is 0 Å². The van der Waals surface area contributed by atoms with Gasteiger partial charge in [0.25, 0.3) is 0 Å². The largest absolute Gasteiger partial charge is 0.481 e. The van der Waals surface area contributed by atoms with Crippen LogP contribution in [0.3, 0.4) is 0 Å². The van der Waals surface area contributed by atoms with Gasteiger partial charge in [0.05, 0.1) is 24.0 Å². The molecule has 2 N–H and O–H groups in total. The second kappa shape index (κ2) is 7.78. The van der Waals surface area contributed by atoms with Crippen LogP contribution in [-0.4, -0.2) is 29.6 Å². The number of fused-ring (bicyclic) bond motifs is 3. The third-order valence-corrected chi connectivity index (χ3v) is 6.87. The molecule has 142 valence electrons. The van der Waals surface area contributed by atoms with Gasteiger partial charge in [0.2, 0.25) is 5.91 Å². The topological polar surface area (TPSA) is 92.7 Å². The first-order chi connectivity index (χ1) is 12.5. The van der Waals surface area contributed by atoms with Crippen LogP contribution in [0.15, 0.2) is 6.07 Å². The van der Waals surface area contributed by atoms with Crippen molar-refractivity contribution >= 4 is 34.2 Å². The summed E-state index contributed by atoms with van der Waals surface area (Å²) in [5, 5.41) is 13.0. The highest BCUT2D eigenvalue weighted by Gasteiger charge is 2.50. The van der Waals surface area contributed by atoms with E-state index in [-0.39, 0.29) is 24.3 Å². The summed E-state index contributed by atoms with van der Waals surface area (Å²) in [5.74, 6) is -2.59. The Balaban J connectivity index is 1.84. The molecule has 0 saturated heterocycles. The van der Waals surface area contributed by atoms with Crippen molar-refractivity contribution in [1.29, 1.82) is 0 Å². The van der Waals surface area contributed by atoms with Gasteiger partial charge in [0.15, 0.2) is 0 Å². The Morgan fingerprint density at radius 2 is 1.77 bits per heavy atom. The van der Waals surface area contributed by atoms with Gasteiger partial charge in [-0.25, -0.2) is 4.79 Å². The monoisotopic (exact) mass is 379 g/mol. The molecule has 4 rings (SSSR count). The number of thiophene rings is 1. The number of aliphatic carboxylic acids is 1. The number of amides is 1. The van der Waals surface area contributed by atoms with Gasteiger partial charge in [-0.3, -0.25) is 9.59 Å². The molecule has 0 radical (unpaired) electrons. The maximum Gasteiger partial charge on any atom is 0.341 e. The Bertz CT molecular complexity index is 705. The van der Waals surface area contributed by atoms with E-state index in [1.54, 1.807) is 13.0 Å². The standard InChI is InChI=1S/C19H25NO5S/c1-3-12-9-13(19(24)25-4-2)17(26-12)20-16(21)14-10-5-7-11(8-6-10)15(14)18(22)23/h9-11,14-15H,3-8H2,1-2H3,(H,20,21)(H,22,23). The Hall–Kier alpha value is -1.89. The van der Waals surface area contributed by atoms with Crippen molar-refractivity contribution in [3.05, 3.63) is 16.5 Å². The third kappa shape index (κ3) is 3.49. The van der Waals surface area contributed by atoms with Crippen molar-refractivity contribution < 1.29 is 24.2 Å². The summed E-state index contributed by atoms with van der Waals surface area (Å²) >= 11 is 1.36. The third-order valence-electron chi connectivity index (χ3n) is 5.67. The minimum Gasteiger partial charge on any atom is -0.481 e. The predicted octanol–water partition coefficient (Wildman–Crippen LogP) is 3.56. The van der Waals surface area contributed by atoms with E-state index in [0.29, 0.717) is 10.6 Å². The van der Waals surface area contributed by atoms with Gasteiger partial charge in [0, 0.05) is 4.88 Å². The van der Waals surface area contributed by atoms with Gasteiger partial charge in [-0.15, -0.1) is 11.3 Å². The summed E-state index contributed by atoms with van der Waals surface area (Å²) in [4.78, 5) is 37.9. The number of anilines is 1. The highest BCUT2D eigenvalue weighted by molar-refractivity contribution is 7.16. The summed E-state index contributed by atoms with van der Waals surface area (Å²) < 4.78 is 5.08. The fourth-order valence-electron chi connectivity index (χ4n) is 4.45. The number of aryl methyl sites for hydroxylation is 1. The number of ether oxygens (including phenoxy) is 1. The number of carboxylic acid groups (broad SMARTS) is 1. The second-order valence-corrected chi connectivity index (χ2v) is 8.22. The number of hydrogen-bond acceptors (Lipinski definition) is 5. The molecule has 26 heavy (non-hydrogen) atoms. The lowest BCUT2D eigenvalue weighted by atomic mass is 9.58. The molecule has 2 bridgehead atoms. The van der Waals surface area contributed by atoms with Gasteiger partial charge < -0.3 is 15.2 Å². The van der Waals surface area contributed by atoms with Crippen LogP contribution in [0.25, 0.3) is 0 Å². The van der Waals surface area contributed by atoms with E-state index in [9.17, 15) is 19.5 Å². The number of carbonyl (C=O) groups excluding carboxylic acids is 2. The normalized spacial score (nSPS) is 27.2. The molecule has 1 aromatic rings. The van der Waals surface area contributed by atoms with Crippen molar-refractivity contribution in [1.82, 2.24) is 0 Å². The van der Waals surface area contributed by atoms with E-state index >= 15 is 0 Å². The first-order valence-corrected chi connectivity index (χ1v) is 10.1. The van der Waals surface area contributed by atoms with E-state index in [2.05, 4.69) is 5.32 Å². The van der Waals surface area contributed by atoms with Gasteiger partial charge in [-0.2, -0.15) is 0 Å². The van der Waals surface area contributed by atoms with Crippen LogP contribution in [0.2, 0.25) is 0 Å². The predicted molar refractivity (Wildman–Crippen MR) is 98.3 cm³/mol. The van der Waals surface area contributed by atoms with E-state index < -0.39 is 23.8 Å². The molecule has 0 aromatic carbocycles. The highest BCUT2D eigenvalue weighted by Crippen LogP contribution is 2.49. The van der Waals surface area contributed by atoms with Crippen LogP contribution in [0.4, 0.5) is 5.00 Å². The van der Waals surface area contributed by atoms with Crippen LogP contribution < -0.4 is 5.32 Å². The zero-order valence-corrected chi connectivity index (χ0v) is 15.9. The fraction of sp³-hybridized carbons (Fsp3) is 0.632. The van der Waals surface area contributed by atoms with Crippen LogP contribution in [0.1, 0.15) is 54.8 Å². The van der Waals surface area contributed by atoms with Gasteiger partial charge in [-0.05, 0) is 56.9 Å². The van der Waals surface area contributed by atoms with Crippen molar-refractivity contribution in [2.45, 2.75) is 46.0 Å². The van der Waals surface area contributed by atoms with E-state index in [4.69, 9.17) is 4.74 Å². The minimum absolute atomic E-state index is 0.0762.